The van der Waals surface area contributed by atoms with E-state index in [1.807, 2.05) is 69.3 Å². The van der Waals surface area contributed by atoms with Crippen molar-refractivity contribution in [3.05, 3.63) is 95.6 Å². The minimum absolute atomic E-state index is 0.214. The summed E-state index contributed by atoms with van der Waals surface area (Å²) in [6.45, 7) is 5.95. The Kier molecular flexibility index (Phi) is 4.84. The van der Waals surface area contributed by atoms with E-state index in [0.717, 1.165) is 27.8 Å². The number of aromatic nitrogens is 2. The van der Waals surface area contributed by atoms with Crippen LogP contribution >= 0.6 is 0 Å². The van der Waals surface area contributed by atoms with Crippen LogP contribution in [0, 0.1) is 20.8 Å². The highest BCUT2D eigenvalue weighted by atomic mass is 32.2. The molecule has 4 aromatic rings. The van der Waals surface area contributed by atoms with Crippen molar-refractivity contribution in [3.63, 3.8) is 0 Å². The quantitative estimate of drug-likeness (QED) is 0.460. The van der Waals surface area contributed by atoms with Crippen LogP contribution in [0.15, 0.2) is 83.8 Å². The average Bonchev–Trinajstić information content (AvgIpc) is 3.08. The number of hydrogen-bond donors (Lipinski definition) is 0. The van der Waals surface area contributed by atoms with E-state index in [1.54, 1.807) is 30.3 Å². The molecule has 3 aromatic carbocycles. The molecule has 4 nitrogen and oxygen atoms in total. The second-order valence-corrected chi connectivity index (χ2v) is 8.98. The van der Waals surface area contributed by atoms with Gasteiger partial charge >= 0.3 is 0 Å². The summed E-state index contributed by atoms with van der Waals surface area (Å²) in [6, 6.07) is 24.2. The van der Waals surface area contributed by atoms with Gasteiger partial charge in [0.1, 0.15) is 0 Å². The van der Waals surface area contributed by atoms with Gasteiger partial charge in [0, 0.05) is 16.7 Å². The van der Waals surface area contributed by atoms with Crippen molar-refractivity contribution >= 4 is 10.0 Å². The second kappa shape index (κ2) is 7.33. The van der Waals surface area contributed by atoms with Crippen molar-refractivity contribution in [2.75, 3.05) is 0 Å². The summed E-state index contributed by atoms with van der Waals surface area (Å²) in [5.41, 5.74) is 6.05. The van der Waals surface area contributed by atoms with E-state index in [0.29, 0.717) is 11.4 Å². The maximum atomic E-state index is 13.4. The molecule has 0 atom stereocenters. The largest absolute Gasteiger partial charge is 0.283 e. The Hall–Kier alpha value is -3.18. The molecule has 29 heavy (non-hydrogen) atoms. The highest BCUT2D eigenvalue weighted by molar-refractivity contribution is 7.90. The molecule has 0 aliphatic carbocycles. The lowest BCUT2D eigenvalue weighted by molar-refractivity contribution is 0.581. The summed E-state index contributed by atoms with van der Waals surface area (Å²) in [7, 11) is -3.84. The summed E-state index contributed by atoms with van der Waals surface area (Å²) in [5.74, 6) is 0. The smallest absolute Gasteiger partial charge is 0.199 e. The lowest BCUT2D eigenvalue weighted by Crippen LogP contribution is -2.16. The van der Waals surface area contributed by atoms with Crippen LogP contribution in [-0.2, 0) is 10.0 Å². The standard InChI is InChI=1S/C24H22N2O2S/c1-17-9-13-20(14-10-17)23-19(3)24(21-15-11-18(2)12-16-21)26(25-23)29(27,28)22-7-5-4-6-8-22/h4-16H,1-3H3. The highest BCUT2D eigenvalue weighted by Crippen LogP contribution is 2.34. The molecular formula is C24H22N2O2S. The Morgan fingerprint density at radius 1 is 0.690 bits per heavy atom. The van der Waals surface area contributed by atoms with Crippen molar-refractivity contribution < 1.29 is 8.42 Å². The predicted molar refractivity (Wildman–Crippen MR) is 116 cm³/mol. The van der Waals surface area contributed by atoms with E-state index in [-0.39, 0.29) is 4.90 Å². The van der Waals surface area contributed by atoms with Crippen LogP contribution in [0.5, 0.6) is 0 Å². The third kappa shape index (κ3) is 3.49. The molecular weight excluding hydrogens is 380 g/mol. The second-order valence-electron chi connectivity index (χ2n) is 7.22. The molecule has 5 heteroatoms. The van der Waals surface area contributed by atoms with Gasteiger partial charge in [0.05, 0.1) is 16.3 Å². The fraction of sp³-hybridized carbons (Fsp3) is 0.125. The van der Waals surface area contributed by atoms with Crippen LogP contribution in [0.3, 0.4) is 0 Å². The Balaban J connectivity index is 2.00. The first-order valence-electron chi connectivity index (χ1n) is 9.42. The Morgan fingerprint density at radius 3 is 1.76 bits per heavy atom. The van der Waals surface area contributed by atoms with Crippen LogP contribution in [0.2, 0.25) is 0 Å². The van der Waals surface area contributed by atoms with Gasteiger partial charge in [-0.05, 0) is 32.9 Å². The zero-order chi connectivity index (χ0) is 20.6. The molecule has 0 unspecified atom stereocenters. The van der Waals surface area contributed by atoms with E-state index < -0.39 is 10.0 Å². The predicted octanol–water partition coefficient (Wildman–Crippen LogP) is 5.38. The molecule has 1 heterocycles. The third-order valence-corrected chi connectivity index (χ3v) is 6.60. The van der Waals surface area contributed by atoms with Crippen molar-refractivity contribution in [1.29, 1.82) is 0 Å². The Labute approximate surface area is 171 Å². The fourth-order valence-electron chi connectivity index (χ4n) is 3.36. The van der Waals surface area contributed by atoms with Crippen molar-refractivity contribution in [2.24, 2.45) is 0 Å². The minimum Gasteiger partial charge on any atom is -0.199 e. The minimum atomic E-state index is -3.84. The van der Waals surface area contributed by atoms with E-state index in [9.17, 15) is 8.42 Å². The van der Waals surface area contributed by atoms with Gasteiger partial charge in [0.2, 0.25) is 0 Å². The van der Waals surface area contributed by atoms with Gasteiger partial charge in [0.25, 0.3) is 10.0 Å². The average molecular weight is 403 g/mol. The van der Waals surface area contributed by atoms with Crippen molar-refractivity contribution in [1.82, 2.24) is 9.19 Å². The molecule has 0 aliphatic rings. The van der Waals surface area contributed by atoms with E-state index in [4.69, 9.17) is 0 Å². The fourth-order valence-corrected chi connectivity index (χ4v) is 4.73. The van der Waals surface area contributed by atoms with Crippen LogP contribution in [0.1, 0.15) is 16.7 Å². The summed E-state index contributed by atoms with van der Waals surface area (Å²) in [4.78, 5) is 0.214. The first-order valence-corrected chi connectivity index (χ1v) is 10.9. The molecule has 1 aromatic heterocycles. The maximum absolute atomic E-state index is 13.4. The van der Waals surface area contributed by atoms with Gasteiger partial charge < -0.3 is 0 Å². The van der Waals surface area contributed by atoms with Crippen LogP contribution in [0.25, 0.3) is 22.5 Å². The lowest BCUT2D eigenvalue weighted by atomic mass is 10.0. The molecule has 0 bridgehead atoms. The number of benzene rings is 3. The van der Waals surface area contributed by atoms with E-state index in [2.05, 4.69) is 5.10 Å². The number of hydrogen-bond acceptors (Lipinski definition) is 3. The van der Waals surface area contributed by atoms with Gasteiger partial charge in [-0.3, -0.25) is 0 Å². The third-order valence-electron chi connectivity index (χ3n) is 5.01. The molecule has 0 saturated carbocycles. The molecule has 0 N–H and O–H groups in total. The van der Waals surface area contributed by atoms with Crippen LogP contribution in [-0.4, -0.2) is 17.6 Å². The van der Waals surface area contributed by atoms with Gasteiger partial charge in [0.15, 0.2) is 0 Å². The molecule has 0 aliphatic heterocycles. The monoisotopic (exact) mass is 402 g/mol. The van der Waals surface area contributed by atoms with E-state index >= 15 is 0 Å². The Bertz CT molecular complexity index is 1260. The van der Waals surface area contributed by atoms with Crippen LogP contribution < -0.4 is 0 Å². The molecule has 0 amide bonds. The highest BCUT2D eigenvalue weighted by Gasteiger charge is 2.26. The van der Waals surface area contributed by atoms with Gasteiger partial charge in [-0.15, -0.1) is 0 Å². The summed E-state index contributed by atoms with van der Waals surface area (Å²) in [6.07, 6.45) is 0. The SMILES string of the molecule is Cc1ccc(-c2nn(S(=O)(=O)c3ccccc3)c(-c3ccc(C)cc3)c2C)cc1. The maximum Gasteiger partial charge on any atom is 0.283 e. The number of aryl methyl sites for hydroxylation is 2. The summed E-state index contributed by atoms with van der Waals surface area (Å²) >= 11 is 0. The zero-order valence-electron chi connectivity index (χ0n) is 16.6. The Morgan fingerprint density at radius 2 is 1.21 bits per heavy atom. The summed E-state index contributed by atoms with van der Waals surface area (Å²) in [5, 5.41) is 4.59. The number of nitrogens with zero attached hydrogens (tertiary/aromatic N) is 2. The topological polar surface area (TPSA) is 52.0 Å². The zero-order valence-corrected chi connectivity index (χ0v) is 17.4. The molecule has 146 valence electrons. The lowest BCUT2D eigenvalue weighted by Gasteiger charge is -2.10. The molecule has 0 saturated heterocycles. The van der Waals surface area contributed by atoms with E-state index in [1.165, 1.54) is 4.09 Å². The van der Waals surface area contributed by atoms with Crippen LogP contribution in [0.4, 0.5) is 0 Å². The molecule has 0 spiro atoms. The normalized spacial score (nSPS) is 11.6. The van der Waals surface area contributed by atoms with Crippen molar-refractivity contribution in [3.8, 4) is 22.5 Å². The van der Waals surface area contributed by atoms with Crippen molar-refractivity contribution in [2.45, 2.75) is 25.7 Å². The summed E-state index contributed by atoms with van der Waals surface area (Å²) < 4.78 is 28.1. The molecule has 0 fully saturated rings. The first-order chi connectivity index (χ1) is 13.9. The molecule has 0 radical (unpaired) electrons. The van der Waals surface area contributed by atoms with Gasteiger partial charge in [-0.1, -0.05) is 77.9 Å². The first kappa shape index (κ1) is 19.2. The number of rotatable bonds is 4. The van der Waals surface area contributed by atoms with Gasteiger partial charge in [-0.2, -0.15) is 17.6 Å². The van der Waals surface area contributed by atoms with Gasteiger partial charge in [-0.25, -0.2) is 0 Å². The molecule has 4 rings (SSSR count).